The van der Waals surface area contributed by atoms with Crippen LogP contribution in [0.2, 0.25) is 0 Å². The monoisotopic (exact) mass is 275 g/mol. The quantitative estimate of drug-likeness (QED) is 0.486. The van der Waals surface area contributed by atoms with Gasteiger partial charge in [0.1, 0.15) is 0 Å². The first kappa shape index (κ1) is 9.51. The van der Waals surface area contributed by atoms with Gasteiger partial charge in [0.05, 0.1) is 0 Å². The predicted molar refractivity (Wildman–Crippen MR) is 58.3 cm³/mol. The van der Waals surface area contributed by atoms with Crippen molar-refractivity contribution in [1.82, 2.24) is 0 Å². The molecule has 3 heteroatoms. The van der Waals surface area contributed by atoms with Crippen LogP contribution in [0.5, 0.6) is 0 Å². The summed E-state index contributed by atoms with van der Waals surface area (Å²) in [7, 11) is 0. The number of nitrogen functional groups attached to an aromatic ring is 1. The highest BCUT2D eigenvalue weighted by Gasteiger charge is 2.08. The van der Waals surface area contributed by atoms with Crippen molar-refractivity contribution in [3.05, 3.63) is 26.8 Å². The Morgan fingerprint density at radius 1 is 1.50 bits per heavy atom. The van der Waals surface area contributed by atoms with Gasteiger partial charge in [-0.25, -0.2) is 0 Å². The molecular weight excluding hydrogens is 265 g/mol. The van der Waals surface area contributed by atoms with Gasteiger partial charge in [0.15, 0.2) is 5.78 Å². The van der Waals surface area contributed by atoms with E-state index in [0.717, 1.165) is 9.13 Å². The Morgan fingerprint density at radius 3 is 2.58 bits per heavy atom. The fraction of sp³-hybridized carbons (Fsp3) is 0.222. The van der Waals surface area contributed by atoms with E-state index in [2.05, 4.69) is 22.6 Å². The van der Waals surface area contributed by atoms with Crippen LogP contribution < -0.4 is 5.73 Å². The molecule has 0 aliphatic carbocycles. The molecule has 0 spiro atoms. The molecule has 0 saturated heterocycles. The number of benzene rings is 1. The lowest BCUT2D eigenvalue weighted by Crippen LogP contribution is -2.01. The molecule has 0 radical (unpaired) electrons. The molecule has 0 heterocycles. The highest BCUT2D eigenvalue weighted by Crippen LogP contribution is 2.23. The van der Waals surface area contributed by atoms with Gasteiger partial charge in [-0.05, 0) is 48.1 Å². The van der Waals surface area contributed by atoms with Crippen LogP contribution in [0, 0.1) is 10.5 Å². The number of carbonyl (C=O) groups excluding carboxylic acids is 1. The molecule has 2 N–H and O–H groups in total. The van der Waals surface area contributed by atoms with Crippen LogP contribution in [0.15, 0.2) is 12.1 Å². The van der Waals surface area contributed by atoms with E-state index >= 15 is 0 Å². The van der Waals surface area contributed by atoms with Crippen molar-refractivity contribution in [2.45, 2.75) is 13.8 Å². The van der Waals surface area contributed by atoms with Crippen molar-refractivity contribution < 1.29 is 4.79 Å². The molecule has 64 valence electrons. The number of halogens is 1. The minimum absolute atomic E-state index is 0.0612. The molecule has 1 rings (SSSR count). The van der Waals surface area contributed by atoms with E-state index in [1.165, 1.54) is 0 Å². The Labute approximate surface area is 85.3 Å². The first-order valence-electron chi connectivity index (χ1n) is 3.59. The molecule has 0 atom stereocenters. The van der Waals surface area contributed by atoms with Gasteiger partial charge in [-0.2, -0.15) is 0 Å². The summed E-state index contributed by atoms with van der Waals surface area (Å²) in [5.41, 5.74) is 8.20. The van der Waals surface area contributed by atoms with Crippen molar-refractivity contribution in [2.75, 3.05) is 5.73 Å². The van der Waals surface area contributed by atoms with Gasteiger partial charge in [-0.3, -0.25) is 4.79 Å². The van der Waals surface area contributed by atoms with E-state index in [0.29, 0.717) is 11.3 Å². The van der Waals surface area contributed by atoms with Crippen molar-refractivity contribution in [2.24, 2.45) is 0 Å². The second kappa shape index (κ2) is 3.43. The van der Waals surface area contributed by atoms with Crippen LogP contribution in [0.25, 0.3) is 0 Å². The molecule has 0 aliphatic rings. The molecule has 1 aromatic rings. The highest BCUT2D eigenvalue weighted by atomic mass is 127. The lowest BCUT2D eigenvalue weighted by molar-refractivity contribution is 0.101. The number of carbonyl (C=O) groups is 1. The van der Waals surface area contributed by atoms with Crippen LogP contribution in [-0.4, -0.2) is 5.78 Å². The van der Waals surface area contributed by atoms with Crippen LogP contribution in [-0.2, 0) is 0 Å². The van der Waals surface area contributed by atoms with Gasteiger partial charge in [-0.15, -0.1) is 0 Å². The zero-order valence-corrected chi connectivity index (χ0v) is 9.18. The molecule has 2 nitrogen and oxygen atoms in total. The first-order valence-corrected chi connectivity index (χ1v) is 4.67. The van der Waals surface area contributed by atoms with Crippen molar-refractivity contribution >= 4 is 34.1 Å². The maximum atomic E-state index is 11.1. The van der Waals surface area contributed by atoms with E-state index in [9.17, 15) is 4.79 Å². The second-order valence-electron chi connectivity index (χ2n) is 2.71. The van der Waals surface area contributed by atoms with Gasteiger partial charge in [-0.1, -0.05) is 6.07 Å². The Morgan fingerprint density at radius 2 is 2.08 bits per heavy atom. The standard InChI is InChI=1S/C9H10INO/c1-5-3-4-7(6(2)12)8(10)9(5)11/h3-4H,11H2,1-2H3. The minimum Gasteiger partial charge on any atom is -0.398 e. The summed E-state index contributed by atoms with van der Waals surface area (Å²) in [5, 5.41) is 0. The van der Waals surface area contributed by atoms with E-state index in [1.807, 2.05) is 19.1 Å². The van der Waals surface area contributed by atoms with Gasteiger partial charge in [0.2, 0.25) is 0 Å². The molecule has 0 bridgehead atoms. The Balaban J connectivity index is 3.36. The van der Waals surface area contributed by atoms with Crippen LogP contribution in [0.3, 0.4) is 0 Å². The number of aryl methyl sites for hydroxylation is 1. The summed E-state index contributed by atoms with van der Waals surface area (Å²) in [6, 6.07) is 3.68. The maximum Gasteiger partial charge on any atom is 0.160 e. The predicted octanol–water partition coefficient (Wildman–Crippen LogP) is 2.38. The van der Waals surface area contributed by atoms with E-state index in [-0.39, 0.29) is 5.78 Å². The molecule has 12 heavy (non-hydrogen) atoms. The van der Waals surface area contributed by atoms with Crippen LogP contribution in [0.1, 0.15) is 22.8 Å². The fourth-order valence-corrected chi connectivity index (χ4v) is 1.95. The molecule has 0 amide bonds. The third kappa shape index (κ3) is 1.60. The molecule has 0 aromatic heterocycles. The van der Waals surface area contributed by atoms with Crippen molar-refractivity contribution in [3.8, 4) is 0 Å². The lowest BCUT2D eigenvalue weighted by Gasteiger charge is -2.06. The lowest BCUT2D eigenvalue weighted by atomic mass is 10.1. The summed E-state index contributed by atoms with van der Waals surface area (Å²) in [6.45, 7) is 3.48. The molecule has 1 aromatic carbocycles. The highest BCUT2D eigenvalue weighted by molar-refractivity contribution is 14.1. The SMILES string of the molecule is CC(=O)c1ccc(C)c(N)c1I. The summed E-state index contributed by atoms with van der Waals surface area (Å²) in [4.78, 5) is 11.1. The Hall–Kier alpha value is -0.580. The first-order chi connectivity index (χ1) is 5.54. The van der Waals surface area contributed by atoms with E-state index < -0.39 is 0 Å². The Kier molecular flexibility index (Phi) is 2.72. The molecule has 0 saturated carbocycles. The van der Waals surface area contributed by atoms with Crippen LogP contribution in [0.4, 0.5) is 5.69 Å². The normalized spacial score (nSPS) is 9.92. The van der Waals surface area contributed by atoms with Crippen molar-refractivity contribution in [3.63, 3.8) is 0 Å². The molecule has 0 fully saturated rings. The zero-order valence-electron chi connectivity index (χ0n) is 7.02. The second-order valence-corrected chi connectivity index (χ2v) is 3.79. The van der Waals surface area contributed by atoms with Gasteiger partial charge in [0, 0.05) is 14.8 Å². The molecule has 0 unspecified atom stereocenters. The molecular formula is C9H10INO. The topological polar surface area (TPSA) is 43.1 Å². The summed E-state index contributed by atoms with van der Waals surface area (Å²) >= 11 is 2.10. The minimum atomic E-state index is 0.0612. The van der Waals surface area contributed by atoms with E-state index in [1.54, 1.807) is 6.92 Å². The summed E-state index contributed by atoms with van der Waals surface area (Å²) in [5.74, 6) is 0.0612. The number of hydrogen-bond acceptors (Lipinski definition) is 2. The van der Waals surface area contributed by atoms with Crippen molar-refractivity contribution in [1.29, 1.82) is 0 Å². The van der Waals surface area contributed by atoms with Gasteiger partial charge >= 0.3 is 0 Å². The fourth-order valence-electron chi connectivity index (χ4n) is 0.961. The summed E-state index contributed by atoms with van der Waals surface area (Å²) < 4.78 is 0.861. The Bertz CT molecular complexity index is 334. The third-order valence-corrected chi connectivity index (χ3v) is 2.94. The number of hydrogen-bond donors (Lipinski definition) is 1. The number of Topliss-reactive ketones (excluding diaryl/α,β-unsaturated/α-hetero) is 1. The summed E-state index contributed by atoms with van der Waals surface area (Å²) in [6.07, 6.45) is 0. The van der Waals surface area contributed by atoms with Gasteiger partial charge in [0.25, 0.3) is 0 Å². The maximum absolute atomic E-state index is 11.1. The largest absolute Gasteiger partial charge is 0.398 e. The number of nitrogens with two attached hydrogens (primary N) is 1. The number of anilines is 1. The number of rotatable bonds is 1. The van der Waals surface area contributed by atoms with Gasteiger partial charge < -0.3 is 5.73 Å². The smallest absolute Gasteiger partial charge is 0.160 e. The average molecular weight is 275 g/mol. The third-order valence-electron chi connectivity index (χ3n) is 1.78. The number of ketones is 1. The zero-order chi connectivity index (χ0) is 9.30. The average Bonchev–Trinajstić information content (AvgIpc) is 2.00. The van der Waals surface area contributed by atoms with Crippen LogP contribution >= 0.6 is 22.6 Å². The molecule has 0 aliphatic heterocycles. The van der Waals surface area contributed by atoms with E-state index in [4.69, 9.17) is 5.73 Å².